The van der Waals surface area contributed by atoms with E-state index in [1.807, 2.05) is 30.5 Å². The number of methoxy groups -OCH3 is 1. The molecule has 0 bridgehead atoms. The van der Waals surface area contributed by atoms with E-state index in [9.17, 15) is 0 Å². The minimum Gasteiger partial charge on any atom is -0.497 e. The van der Waals surface area contributed by atoms with Crippen LogP contribution < -0.4 is 10.1 Å². The Morgan fingerprint density at radius 3 is 2.68 bits per heavy atom. The zero-order valence-corrected chi connectivity index (χ0v) is 14.1. The van der Waals surface area contributed by atoms with E-state index in [0.717, 1.165) is 48.4 Å². The lowest BCUT2D eigenvalue weighted by molar-refractivity contribution is 0.295. The minimum absolute atomic E-state index is 0.414. The van der Waals surface area contributed by atoms with E-state index in [1.54, 1.807) is 7.11 Å². The molecule has 0 aliphatic carbocycles. The van der Waals surface area contributed by atoms with E-state index in [2.05, 4.69) is 36.0 Å². The number of rotatable bonds is 8. The fourth-order valence-electron chi connectivity index (χ4n) is 2.63. The van der Waals surface area contributed by atoms with Crippen LogP contribution in [0.2, 0.25) is 0 Å². The van der Waals surface area contributed by atoms with Crippen LogP contribution in [0.1, 0.15) is 27.2 Å². The third kappa shape index (κ3) is 4.10. The molecular weight excluding hydrogens is 274 g/mol. The predicted octanol–water partition coefficient (Wildman–Crippen LogP) is 3.78. The number of benzene rings is 1. The lowest BCUT2D eigenvalue weighted by Gasteiger charge is -2.22. The average molecular weight is 301 g/mol. The standard InChI is InChI=1S/C18H27N3O/c1-5-21(6-2)12-10-14(3)20-18-9-11-19-17-8-7-15(22-4)13-16(17)18/h7-9,11,13-14H,5-6,10,12H2,1-4H3,(H,19,20). The van der Waals surface area contributed by atoms with Gasteiger partial charge in [-0.05, 0) is 50.7 Å². The Labute approximate surface area is 133 Å². The summed E-state index contributed by atoms with van der Waals surface area (Å²) in [6.45, 7) is 10.00. The van der Waals surface area contributed by atoms with Crippen LogP contribution in [0.5, 0.6) is 5.75 Å². The summed E-state index contributed by atoms with van der Waals surface area (Å²) < 4.78 is 5.33. The molecule has 1 aromatic heterocycles. The maximum absolute atomic E-state index is 5.33. The van der Waals surface area contributed by atoms with Crippen LogP contribution in [0.15, 0.2) is 30.5 Å². The van der Waals surface area contributed by atoms with Crippen LogP contribution >= 0.6 is 0 Å². The van der Waals surface area contributed by atoms with Gasteiger partial charge >= 0.3 is 0 Å². The lowest BCUT2D eigenvalue weighted by Crippen LogP contribution is -2.28. The zero-order valence-electron chi connectivity index (χ0n) is 14.1. The Morgan fingerprint density at radius 2 is 2.00 bits per heavy atom. The van der Waals surface area contributed by atoms with Crippen LogP contribution in [-0.2, 0) is 0 Å². The largest absolute Gasteiger partial charge is 0.497 e. The number of aromatic nitrogens is 1. The van der Waals surface area contributed by atoms with Crippen molar-refractivity contribution in [3.8, 4) is 5.75 Å². The number of nitrogens with zero attached hydrogens (tertiary/aromatic N) is 2. The molecular formula is C18H27N3O. The first-order chi connectivity index (χ1) is 10.7. The van der Waals surface area contributed by atoms with Gasteiger partial charge in [-0.2, -0.15) is 0 Å². The van der Waals surface area contributed by atoms with E-state index < -0.39 is 0 Å². The number of hydrogen-bond donors (Lipinski definition) is 1. The molecule has 4 heteroatoms. The molecule has 0 aliphatic rings. The summed E-state index contributed by atoms with van der Waals surface area (Å²) in [5.41, 5.74) is 2.11. The Hall–Kier alpha value is -1.81. The molecule has 0 amide bonds. The van der Waals surface area contributed by atoms with Crippen molar-refractivity contribution in [3.05, 3.63) is 30.5 Å². The smallest absolute Gasteiger partial charge is 0.119 e. The highest BCUT2D eigenvalue weighted by atomic mass is 16.5. The molecule has 1 unspecified atom stereocenters. The van der Waals surface area contributed by atoms with E-state index in [1.165, 1.54) is 0 Å². The van der Waals surface area contributed by atoms with Crippen molar-refractivity contribution < 1.29 is 4.74 Å². The van der Waals surface area contributed by atoms with Gasteiger partial charge in [0.05, 0.1) is 12.6 Å². The van der Waals surface area contributed by atoms with Gasteiger partial charge < -0.3 is 15.0 Å². The number of hydrogen-bond acceptors (Lipinski definition) is 4. The highest BCUT2D eigenvalue weighted by molar-refractivity contribution is 5.92. The van der Waals surface area contributed by atoms with Crippen molar-refractivity contribution >= 4 is 16.6 Å². The first-order valence-corrected chi connectivity index (χ1v) is 8.09. The van der Waals surface area contributed by atoms with Gasteiger partial charge in [0, 0.05) is 29.9 Å². The second kappa shape index (κ2) is 7.99. The Balaban J connectivity index is 2.10. The van der Waals surface area contributed by atoms with Gasteiger partial charge in [0.25, 0.3) is 0 Å². The average Bonchev–Trinajstić information content (AvgIpc) is 2.55. The molecule has 1 heterocycles. The predicted molar refractivity (Wildman–Crippen MR) is 93.8 cm³/mol. The maximum Gasteiger partial charge on any atom is 0.119 e. The number of ether oxygens (including phenoxy) is 1. The van der Waals surface area contributed by atoms with Crippen molar-refractivity contribution in [3.63, 3.8) is 0 Å². The molecule has 0 fully saturated rings. The maximum atomic E-state index is 5.33. The second-order valence-corrected chi connectivity index (χ2v) is 5.60. The van der Waals surface area contributed by atoms with Gasteiger partial charge in [0.2, 0.25) is 0 Å². The number of fused-ring (bicyclic) bond motifs is 1. The Morgan fingerprint density at radius 1 is 1.23 bits per heavy atom. The van der Waals surface area contributed by atoms with E-state index in [0.29, 0.717) is 6.04 Å². The number of pyridine rings is 1. The van der Waals surface area contributed by atoms with Crippen LogP contribution in [0.4, 0.5) is 5.69 Å². The van der Waals surface area contributed by atoms with Gasteiger partial charge in [0.1, 0.15) is 5.75 Å². The molecule has 1 atom stereocenters. The summed E-state index contributed by atoms with van der Waals surface area (Å²) in [5, 5.41) is 4.73. The first-order valence-electron chi connectivity index (χ1n) is 8.09. The van der Waals surface area contributed by atoms with Crippen molar-refractivity contribution in [2.24, 2.45) is 0 Å². The summed E-state index contributed by atoms with van der Waals surface area (Å²) in [5.74, 6) is 0.861. The molecule has 1 N–H and O–H groups in total. The third-order valence-electron chi connectivity index (χ3n) is 4.12. The molecule has 0 saturated carbocycles. The fraction of sp³-hybridized carbons (Fsp3) is 0.500. The number of anilines is 1. The van der Waals surface area contributed by atoms with E-state index in [4.69, 9.17) is 4.74 Å². The van der Waals surface area contributed by atoms with Gasteiger partial charge in [-0.15, -0.1) is 0 Å². The van der Waals surface area contributed by atoms with E-state index in [-0.39, 0.29) is 0 Å². The number of nitrogens with one attached hydrogen (secondary N) is 1. The monoisotopic (exact) mass is 301 g/mol. The summed E-state index contributed by atoms with van der Waals surface area (Å²) in [7, 11) is 1.69. The quantitative estimate of drug-likeness (QED) is 0.805. The Bertz CT molecular complexity index is 596. The Kier molecular flexibility index (Phi) is 6.01. The van der Waals surface area contributed by atoms with Crippen LogP contribution in [0, 0.1) is 0 Å². The lowest BCUT2D eigenvalue weighted by atomic mass is 10.1. The van der Waals surface area contributed by atoms with E-state index >= 15 is 0 Å². The molecule has 0 radical (unpaired) electrons. The molecule has 22 heavy (non-hydrogen) atoms. The topological polar surface area (TPSA) is 37.4 Å². The van der Waals surface area contributed by atoms with Gasteiger partial charge in [0.15, 0.2) is 0 Å². The van der Waals surface area contributed by atoms with Crippen molar-refractivity contribution in [1.29, 1.82) is 0 Å². The molecule has 4 nitrogen and oxygen atoms in total. The molecule has 0 aliphatic heterocycles. The van der Waals surface area contributed by atoms with Gasteiger partial charge in [-0.3, -0.25) is 4.98 Å². The molecule has 120 valence electrons. The minimum atomic E-state index is 0.414. The normalized spacial score (nSPS) is 12.6. The molecule has 2 aromatic rings. The molecule has 0 spiro atoms. The fourth-order valence-corrected chi connectivity index (χ4v) is 2.63. The summed E-state index contributed by atoms with van der Waals surface area (Å²) in [6.07, 6.45) is 2.98. The molecule has 0 saturated heterocycles. The SMILES string of the molecule is CCN(CC)CCC(C)Nc1ccnc2ccc(OC)cc12. The second-order valence-electron chi connectivity index (χ2n) is 5.60. The van der Waals surface area contributed by atoms with Crippen molar-refractivity contribution in [1.82, 2.24) is 9.88 Å². The van der Waals surface area contributed by atoms with Crippen molar-refractivity contribution in [2.45, 2.75) is 33.2 Å². The first kappa shape index (κ1) is 16.6. The molecule has 2 rings (SSSR count). The van der Waals surface area contributed by atoms with Gasteiger partial charge in [-0.1, -0.05) is 13.8 Å². The highest BCUT2D eigenvalue weighted by Crippen LogP contribution is 2.26. The van der Waals surface area contributed by atoms with Crippen LogP contribution in [-0.4, -0.2) is 42.7 Å². The van der Waals surface area contributed by atoms with Crippen LogP contribution in [0.3, 0.4) is 0 Å². The summed E-state index contributed by atoms with van der Waals surface area (Å²) in [4.78, 5) is 6.87. The molecule has 1 aromatic carbocycles. The summed E-state index contributed by atoms with van der Waals surface area (Å²) in [6, 6.07) is 8.44. The zero-order chi connectivity index (χ0) is 15.9. The van der Waals surface area contributed by atoms with Crippen molar-refractivity contribution in [2.75, 3.05) is 32.1 Å². The summed E-state index contributed by atoms with van der Waals surface area (Å²) >= 11 is 0. The van der Waals surface area contributed by atoms with Crippen LogP contribution in [0.25, 0.3) is 10.9 Å². The highest BCUT2D eigenvalue weighted by Gasteiger charge is 2.08. The van der Waals surface area contributed by atoms with Gasteiger partial charge in [-0.25, -0.2) is 0 Å². The third-order valence-corrected chi connectivity index (χ3v) is 4.12.